The van der Waals surface area contributed by atoms with Gasteiger partial charge in [0.05, 0.1) is 5.75 Å². The number of hydrogen-bond donors (Lipinski definition) is 2. The molecule has 1 amide bonds. The number of hydrogen-bond acceptors (Lipinski definition) is 4. The number of amides is 1. The van der Waals surface area contributed by atoms with Crippen molar-refractivity contribution in [1.29, 1.82) is 0 Å². The van der Waals surface area contributed by atoms with Crippen molar-refractivity contribution in [2.45, 2.75) is 31.6 Å². The van der Waals surface area contributed by atoms with Crippen LogP contribution >= 0.6 is 0 Å². The van der Waals surface area contributed by atoms with Crippen molar-refractivity contribution in [3.8, 4) is 0 Å². The molecular weight excluding hydrogens is 204 g/mol. The molecule has 0 aliphatic heterocycles. The van der Waals surface area contributed by atoms with E-state index in [2.05, 4.69) is 5.32 Å². The van der Waals surface area contributed by atoms with Crippen LogP contribution in [-0.4, -0.2) is 38.4 Å². The van der Waals surface area contributed by atoms with E-state index in [1.165, 1.54) is 14.0 Å². The minimum atomic E-state index is -3.36. The zero-order chi connectivity index (χ0) is 11.4. The van der Waals surface area contributed by atoms with E-state index in [4.69, 9.17) is 5.73 Å². The predicted octanol–water partition coefficient (Wildman–Crippen LogP) is -0.727. The summed E-state index contributed by atoms with van der Waals surface area (Å²) < 4.78 is 23.0. The Labute approximate surface area is 85.0 Å². The first-order valence-corrected chi connectivity index (χ1v) is 6.21. The molecule has 0 saturated carbocycles. The van der Waals surface area contributed by atoms with Crippen LogP contribution in [0, 0.1) is 0 Å². The van der Waals surface area contributed by atoms with Gasteiger partial charge in [0.1, 0.15) is 5.25 Å². The average Bonchev–Trinajstić information content (AvgIpc) is 2.12. The third-order valence-electron chi connectivity index (χ3n) is 2.01. The van der Waals surface area contributed by atoms with Crippen molar-refractivity contribution in [2.75, 3.05) is 12.8 Å². The minimum absolute atomic E-state index is 0.0424. The molecule has 2 unspecified atom stereocenters. The van der Waals surface area contributed by atoms with Crippen LogP contribution in [0.15, 0.2) is 0 Å². The SMILES string of the molecule is CNC(=O)C(C)S(=O)(=O)CCC(C)N. The summed E-state index contributed by atoms with van der Waals surface area (Å²) in [7, 11) is -1.94. The van der Waals surface area contributed by atoms with Crippen LogP contribution in [0.3, 0.4) is 0 Å². The number of nitrogens with one attached hydrogen (secondary N) is 1. The Bertz CT molecular complexity index is 285. The first kappa shape index (κ1) is 13.4. The second-order valence-electron chi connectivity index (χ2n) is 3.39. The number of carbonyl (C=O) groups excluding carboxylic acids is 1. The molecular formula is C8H18N2O3S. The molecule has 0 bridgehead atoms. The van der Waals surface area contributed by atoms with Gasteiger partial charge < -0.3 is 11.1 Å². The fourth-order valence-corrected chi connectivity index (χ4v) is 2.39. The van der Waals surface area contributed by atoms with Gasteiger partial charge in [0.15, 0.2) is 9.84 Å². The molecule has 0 fully saturated rings. The standard InChI is InChI=1S/C8H18N2O3S/c1-6(9)4-5-14(12,13)7(2)8(11)10-3/h6-7H,4-5,9H2,1-3H3,(H,10,11). The Kier molecular flexibility index (Phi) is 5.07. The number of rotatable bonds is 5. The summed E-state index contributed by atoms with van der Waals surface area (Å²) in [5.74, 6) is -0.520. The first-order chi connectivity index (χ1) is 6.31. The van der Waals surface area contributed by atoms with Gasteiger partial charge in [-0.05, 0) is 20.3 Å². The van der Waals surface area contributed by atoms with Gasteiger partial charge in [-0.15, -0.1) is 0 Å². The largest absolute Gasteiger partial charge is 0.358 e. The van der Waals surface area contributed by atoms with E-state index >= 15 is 0 Å². The lowest BCUT2D eigenvalue weighted by molar-refractivity contribution is -0.119. The molecule has 84 valence electrons. The minimum Gasteiger partial charge on any atom is -0.358 e. The van der Waals surface area contributed by atoms with Crippen LogP contribution in [-0.2, 0) is 14.6 Å². The molecule has 0 aromatic rings. The predicted molar refractivity (Wildman–Crippen MR) is 55.6 cm³/mol. The van der Waals surface area contributed by atoms with Crippen molar-refractivity contribution in [3.63, 3.8) is 0 Å². The molecule has 0 aliphatic rings. The average molecular weight is 222 g/mol. The Balaban J connectivity index is 4.39. The molecule has 6 heteroatoms. The van der Waals surface area contributed by atoms with Gasteiger partial charge in [-0.1, -0.05) is 0 Å². The molecule has 14 heavy (non-hydrogen) atoms. The second kappa shape index (κ2) is 5.31. The maximum absolute atomic E-state index is 11.5. The molecule has 0 radical (unpaired) electrons. The maximum atomic E-state index is 11.5. The van der Waals surface area contributed by atoms with Crippen molar-refractivity contribution in [3.05, 3.63) is 0 Å². The van der Waals surface area contributed by atoms with Gasteiger partial charge in [0, 0.05) is 13.1 Å². The van der Waals surface area contributed by atoms with Gasteiger partial charge in [-0.25, -0.2) is 8.42 Å². The zero-order valence-electron chi connectivity index (χ0n) is 8.78. The van der Waals surface area contributed by atoms with Gasteiger partial charge >= 0.3 is 0 Å². The van der Waals surface area contributed by atoms with Gasteiger partial charge in [0.2, 0.25) is 5.91 Å². The number of sulfone groups is 1. The van der Waals surface area contributed by atoms with Crippen LogP contribution < -0.4 is 11.1 Å². The summed E-state index contributed by atoms with van der Waals surface area (Å²) in [5, 5.41) is 1.31. The summed E-state index contributed by atoms with van der Waals surface area (Å²) in [6.07, 6.45) is 0.379. The van der Waals surface area contributed by atoms with Crippen molar-refractivity contribution in [1.82, 2.24) is 5.32 Å². The van der Waals surface area contributed by atoms with E-state index in [0.29, 0.717) is 6.42 Å². The molecule has 5 nitrogen and oxygen atoms in total. The van der Waals surface area contributed by atoms with E-state index in [1.807, 2.05) is 0 Å². The topological polar surface area (TPSA) is 89.3 Å². The molecule has 0 saturated heterocycles. The molecule has 0 aromatic carbocycles. The molecule has 0 aliphatic carbocycles. The fourth-order valence-electron chi connectivity index (χ4n) is 0.893. The van der Waals surface area contributed by atoms with Crippen LogP contribution in [0.2, 0.25) is 0 Å². The Morgan fingerprint density at radius 2 is 1.93 bits per heavy atom. The van der Waals surface area contributed by atoms with Crippen molar-refractivity contribution in [2.24, 2.45) is 5.73 Å². The quantitative estimate of drug-likeness (QED) is 0.642. The van der Waals surface area contributed by atoms with Crippen LogP contribution in [0.1, 0.15) is 20.3 Å². The molecule has 0 spiro atoms. The van der Waals surface area contributed by atoms with Crippen LogP contribution in [0.25, 0.3) is 0 Å². The van der Waals surface area contributed by atoms with Crippen LogP contribution in [0.4, 0.5) is 0 Å². The van der Waals surface area contributed by atoms with Crippen molar-refractivity contribution < 1.29 is 13.2 Å². The summed E-state index contributed by atoms with van der Waals surface area (Å²) in [6, 6.07) is -0.165. The van der Waals surface area contributed by atoms with Gasteiger partial charge in [-0.3, -0.25) is 4.79 Å². The first-order valence-electron chi connectivity index (χ1n) is 4.50. The summed E-state index contributed by atoms with van der Waals surface area (Å²) in [6.45, 7) is 3.12. The van der Waals surface area contributed by atoms with Crippen LogP contribution in [0.5, 0.6) is 0 Å². The monoisotopic (exact) mass is 222 g/mol. The number of carbonyl (C=O) groups is 1. The summed E-state index contributed by atoms with van der Waals surface area (Å²) in [4.78, 5) is 11.1. The maximum Gasteiger partial charge on any atom is 0.237 e. The smallest absolute Gasteiger partial charge is 0.237 e. The molecule has 0 rings (SSSR count). The summed E-state index contributed by atoms with van der Waals surface area (Å²) >= 11 is 0. The second-order valence-corrected chi connectivity index (χ2v) is 5.83. The number of nitrogens with two attached hydrogens (primary N) is 1. The lowest BCUT2D eigenvalue weighted by Gasteiger charge is -2.12. The lowest BCUT2D eigenvalue weighted by Crippen LogP contribution is -2.37. The fraction of sp³-hybridized carbons (Fsp3) is 0.875. The van der Waals surface area contributed by atoms with Gasteiger partial charge in [0.25, 0.3) is 0 Å². The van der Waals surface area contributed by atoms with E-state index < -0.39 is 21.0 Å². The normalized spacial score (nSPS) is 16.0. The highest BCUT2D eigenvalue weighted by Gasteiger charge is 2.26. The highest BCUT2D eigenvalue weighted by Crippen LogP contribution is 2.05. The molecule has 3 N–H and O–H groups in total. The van der Waals surface area contributed by atoms with E-state index in [1.54, 1.807) is 6.92 Å². The summed E-state index contributed by atoms with van der Waals surface area (Å²) in [5.41, 5.74) is 5.44. The zero-order valence-corrected chi connectivity index (χ0v) is 9.60. The van der Waals surface area contributed by atoms with E-state index in [-0.39, 0.29) is 11.8 Å². The molecule has 0 aromatic heterocycles. The highest BCUT2D eigenvalue weighted by molar-refractivity contribution is 7.92. The molecule has 0 heterocycles. The Hall–Kier alpha value is -0.620. The lowest BCUT2D eigenvalue weighted by atomic mass is 10.3. The highest BCUT2D eigenvalue weighted by atomic mass is 32.2. The van der Waals surface area contributed by atoms with E-state index in [9.17, 15) is 13.2 Å². The van der Waals surface area contributed by atoms with Gasteiger partial charge in [-0.2, -0.15) is 0 Å². The Morgan fingerprint density at radius 3 is 2.29 bits per heavy atom. The van der Waals surface area contributed by atoms with E-state index in [0.717, 1.165) is 0 Å². The third-order valence-corrected chi connectivity index (χ3v) is 4.11. The van der Waals surface area contributed by atoms with Crippen molar-refractivity contribution >= 4 is 15.7 Å². The third kappa shape index (κ3) is 4.06. The molecule has 2 atom stereocenters. The Morgan fingerprint density at radius 1 is 1.43 bits per heavy atom.